The number of nitrogens with two attached hydrogens (primary N) is 1. The van der Waals surface area contributed by atoms with Gasteiger partial charge >= 0.3 is 0 Å². The molecular weight excluding hydrogens is 232 g/mol. The lowest BCUT2D eigenvalue weighted by atomic mass is 10.1. The van der Waals surface area contributed by atoms with E-state index in [2.05, 4.69) is 4.98 Å². The molecule has 0 saturated carbocycles. The van der Waals surface area contributed by atoms with Crippen LogP contribution in [0.4, 0.5) is 5.69 Å². The summed E-state index contributed by atoms with van der Waals surface area (Å²) in [5.41, 5.74) is 6.77. The Morgan fingerprint density at radius 2 is 2.27 bits per heavy atom. The molecule has 3 nitrogen and oxygen atoms in total. The van der Waals surface area contributed by atoms with Crippen LogP contribution in [-0.2, 0) is 0 Å². The molecule has 3 N–H and O–H groups in total. The third-order valence-corrected chi connectivity index (χ3v) is 3.16. The highest BCUT2D eigenvalue weighted by Crippen LogP contribution is 2.30. The molecule has 78 valence electrons. The van der Waals surface area contributed by atoms with Crippen LogP contribution in [0.25, 0.3) is 0 Å². The van der Waals surface area contributed by atoms with E-state index in [1.165, 1.54) is 11.3 Å². The summed E-state index contributed by atoms with van der Waals surface area (Å²) in [5, 5.41) is 12.9. The molecule has 5 heteroatoms. The Kier molecular flexibility index (Phi) is 2.90. The van der Waals surface area contributed by atoms with E-state index in [0.29, 0.717) is 21.3 Å². The topological polar surface area (TPSA) is 59.1 Å². The number of hydrogen-bond donors (Lipinski definition) is 2. The molecule has 1 unspecified atom stereocenters. The van der Waals surface area contributed by atoms with Crippen LogP contribution in [-0.4, -0.2) is 10.1 Å². The fraction of sp³-hybridized carbons (Fsp3) is 0.100. The van der Waals surface area contributed by atoms with Crippen molar-refractivity contribution < 1.29 is 5.11 Å². The van der Waals surface area contributed by atoms with Gasteiger partial charge in [-0.1, -0.05) is 17.7 Å². The van der Waals surface area contributed by atoms with E-state index in [4.69, 9.17) is 17.3 Å². The zero-order valence-electron chi connectivity index (χ0n) is 7.72. The van der Waals surface area contributed by atoms with E-state index in [0.717, 1.165) is 0 Å². The van der Waals surface area contributed by atoms with Gasteiger partial charge in [-0.15, -0.1) is 11.3 Å². The predicted octanol–water partition coefficient (Wildman–Crippen LogP) is 2.46. The van der Waals surface area contributed by atoms with Crippen molar-refractivity contribution in [1.82, 2.24) is 4.98 Å². The van der Waals surface area contributed by atoms with Crippen molar-refractivity contribution in [1.29, 1.82) is 0 Å². The van der Waals surface area contributed by atoms with Gasteiger partial charge in [0.1, 0.15) is 11.1 Å². The largest absolute Gasteiger partial charge is 0.399 e. The van der Waals surface area contributed by atoms with Crippen molar-refractivity contribution in [3.8, 4) is 0 Å². The fourth-order valence-corrected chi connectivity index (χ4v) is 2.20. The Morgan fingerprint density at radius 1 is 1.47 bits per heavy atom. The fourth-order valence-electron chi connectivity index (χ4n) is 1.27. The number of aliphatic hydroxyl groups is 1. The van der Waals surface area contributed by atoms with Crippen LogP contribution in [0, 0.1) is 0 Å². The Bertz CT molecular complexity index is 458. The summed E-state index contributed by atoms with van der Waals surface area (Å²) >= 11 is 7.37. The van der Waals surface area contributed by atoms with Gasteiger partial charge in [0.05, 0.1) is 0 Å². The number of anilines is 1. The number of thiazole rings is 1. The van der Waals surface area contributed by atoms with E-state index in [-0.39, 0.29) is 0 Å². The average Bonchev–Trinajstić information content (AvgIpc) is 2.69. The molecular formula is C10H9ClN2OS. The molecule has 2 rings (SSSR count). The van der Waals surface area contributed by atoms with Gasteiger partial charge in [0.25, 0.3) is 0 Å². The minimum Gasteiger partial charge on any atom is -0.399 e. The molecule has 0 radical (unpaired) electrons. The zero-order valence-corrected chi connectivity index (χ0v) is 9.29. The van der Waals surface area contributed by atoms with E-state index in [1.54, 1.807) is 24.4 Å². The van der Waals surface area contributed by atoms with Gasteiger partial charge in [-0.05, 0) is 12.1 Å². The van der Waals surface area contributed by atoms with Crippen LogP contribution >= 0.6 is 22.9 Å². The summed E-state index contributed by atoms with van der Waals surface area (Å²) in [6, 6.07) is 5.04. The first kappa shape index (κ1) is 10.4. The maximum absolute atomic E-state index is 9.98. The zero-order chi connectivity index (χ0) is 10.8. The molecule has 0 aliphatic heterocycles. The quantitative estimate of drug-likeness (QED) is 0.793. The molecule has 1 aromatic heterocycles. The van der Waals surface area contributed by atoms with E-state index >= 15 is 0 Å². The minimum absolute atomic E-state index is 0.456. The summed E-state index contributed by atoms with van der Waals surface area (Å²) in [5.74, 6) is 0. The monoisotopic (exact) mass is 240 g/mol. The van der Waals surface area contributed by atoms with Gasteiger partial charge in [0.15, 0.2) is 0 Å². The third kappa shape index (κ3) is 2.12. The smallest absolute Gasteiger partial charge is 0.132 e. The normalized spacial score (nSPS) is 12.7. The molecule has 0 aliphatic rings. The first-order valence-corrected chi connectivity index (χ1v) is 5.56. The molecule has 1 heterocycles. The molecule has 1 aromatic carbocycles. The highest BCUT2D eigenvalue weighted by molar-refractivity contribution is 7.09. The molecule has 1 atom stereocenters. The van der Waals surface area contributed by atoms with Gasteiger partial charge in [0, 0.05) is 27.9 Å². The summed E-state index contributed by atoms with van der Waals surface area (Å²) in [6.45, 7) is 0. The van der Waals surface area contributed by atoms with Gasteiger partial charge < -0.3 is 10.8 Å². The molecule has 0 fully saturated rings. The molecule has 0 aliphatic carbocycles. The maximum atomic E-state index is 9.98. The third-order valence-electron chi connectivity index (χ3n) is 2.00. The first-order valence-electron chi connectivity index (χ1n) is 4.31. The number of nitrogen functional groups attached to an aromatic ring is 1. The maximum Gasteiger partial charge on any atom is 0.132 e. The van der Waals surface area contributed by atoms with Crippen LogP contribution in [0.15, 0.2) is 29.8 Å². The lowest BCUT2D eigenvalue weighted by Crippen LogP contribution is -2.00. The lowest BCUT2D eigenvalue weighted by molar-refractivity contribution is 0.220. The summed E-state index contributed by atoms with van der Waals surface area (Å²) in [6.07, 6.45) is 0.868. The van der Waals surface area contributed by atoms with Gasteiger partial charge in [0.2, 0.25) is 0 Å². The van der Waals surface area contributed by atoms with Gasteiger partial charge in [-0.25, -0.2) is 4.98 Å². The molecule has 2 aromatic rings. The van der Waals surface area contributed by atoms with Crippen molar-refractivity contribution in [2.75, 3.05) is 5.73 Å². The molecule has 0 saturated heterocycles. The van der Waals surface area contributed by atoms with Gasteiger partial charge in [-0.2, -0.15) is 0 Å². The Labute approximate surface area is 96.2 Å². The van der Waals surface area contributed by atoms with Crippen LogP contribution in [0.5, 0.6) is 0 Å². The number of aromatic nitrogens is 1. The number of benzene rings is 1. The lowest BCUT2D eigenvalue weighted by Gasteiger charge is -2.10. The Hall–Kier alpha value is -1.10. The van der Waals surface area contributed by atoms with E-state index in [9.17, 15) is 5.11 Å². The number of aliphatic hydroxyl groups excluding tert-OH is 1. The molecule has 0 spiro atoms. The predicted molar refractivity (Wildman–Crippen MR) is 62.0 cm³/mol. The first-order chi connectivity index (χ1) is 7.18. The van der Waals surface area contributed by atoms with E-state index in [1.807, 2.05) is 5.38 Å². The van der Waals surface area contributed by atoms with Crippen molar-refractivity contribution >= 4 is 28.6 Å². The SMILES string of the molecule is Nc1ccc(C(O)c2nccs2)c(Cl)c1. The molecule has 15 heavy (non-hydrogen) atoms. The van der Waals surface area contributed by atoms with Crippen LogP contribution in [0.3, 0.4) is 0 Å². The summed E-state index contributed by atoms with van der Waals surface area (Å²) in [4.78, 5) is 4.03. The van der Waals surface area contributed by atoms with Crippen LogP contribution < -0.4 is 5.73 Å². The van der Waals surface area contributed by atoms with Crippen LogP contribution in [0.1, 0.15) is 16.7 Å². The Balaban J connectivity index is 2.38. The Morgan fingerprint density at radius 3 is 2.87 bits per heavy atom. The summed E-state index contributed by atoms with van der Waals surface area (Å²) < 4.78 is 0. The van der Waals surface area contributed by atoms with Crippen molar-refractivity contribution in [3.05, 3.63) is 45.4 Å². The van der Waals surface area contributed by atoms with Crippen LogP contribution in [0.2, 0.25) is 5.02 Å². The van der Waals surface area contributed by atoms with Crippen molar-refractivity contribution in [2.45, 2.75) is 6.10 Å². The minimum atomic E-state index is -0.780. The number of hydrogen-bond acceptors (Lipinski definition) is 4. The highest BCUT2D eigenvalue weighted by Gasteiger charge is 2.15. The second kappa shape index (κ2) is 4.18. The van der Waals surface area contributed by atoms with E-state index < -0.39 is 6.10 Å². The second-order valence-electron chi connectivity index (χ2n) is 3.05. The molecule has 0 amide bonds. The number of rotatable bonds is 2. The average molecular weight is 241 g/mol. The standard InChI is InChI=1S/C10H9ClN2OS/c11-8-5-6(12)1-2-7(8)9(14)10-13-3-4-15-10/h1-5,9,14H,12H2. The molecule has 0 bridgehead atoms. The summed E-state index contributed by atoms with van der Waals surface area (Å²) in [7, 11) is 0. The highest BCUT2D eigenvalue weighted by atomic mass is 35.5. The van der Waals surface area contributed by atoms with Crippen molar-refractivity contribution in [3.63, 3.8) is 0 Å². The van der Waals surface area contributed by atoms with Crippen molar-refractivity contribution in [2.24, 2.45) is 0 Å². The van der Waals surface area contributed by atoms with Gasteiger partial charge in [-0.3, -0.25) is 0 Å². The number of nitrogens with zero attached hydrogens (tertiary/aromatic N) is 1. The second-order valence-corrected chi connectivity index (χ2v) is 4.39. The number of halogens is 1.